The number of nitrogens with two attached hydrogens (primary N) is 1. The Kier molecular flexibility index (Phi) is 2.52. The van der Waals surface area contributed by atoms with Gasteiger partial charge in [-0.1, -0.05) is 0 Å². The van der Waals surface area contributed by atoms with E-state index in [2.05, 4.69) is 0 Å². The van der Waals surface area contributed by atoms with Crippen LogP contribution in [-0.2, 0) is 0 Å². The lowest BCUT2D eigenvalue weighted by Gasteiger charge is -2.16. The van der Waals surface area contributed by atoms with E-state index in [1.807, 2.05) is 0 Å². The molecule has 0 aliphatic carbocycles. The Bertz CT molecular complexity index is 420. The normalized spacial score (nSPS) is 18.6. The maximum absolute atomic E-state index is 13.6. The monoisotopic (exact) mass is 226 g/mol. The van der Waals surface area contributed by atoms with Crippen LogP contribution in [0.25, 0.3) is 0 Å². The zero-order valence-electron chi connectivity index (χ0n) is 9.16. The van der Waals surface area contributed by atoms with Crippen LogP contribution in [0, 0.1) is 5.82 Å². The molecule has 0 saturated heterocycles. The molecular weight excluding hydrogens is 212 g/mol. The third-order valence-corrected chi connectivity index (χ3v) is 2.36. The summed E-state index contributed by atoms with van der Waals surface area (Å²) in [7, 11) is 0. The zero-order valence-corrected chi connectivity index (χ0v) is 9.16. The van der Waals surface area contributed by atoms with Crippen molar-refractivity contribution in [3.05, 3.63) is 23.5 Å². The summed E-state index contributed by atoms with van der Waals surface area (Å²) >= 11 is 0. The largest absolute Gasteiger partial charge is 0.449 e. The van der Waals surface area contributed by atoms with Crippen molar-refractivity contribution in [1.29, 1.82) is 0 Å². The summed E-state index contributed by atoms with van der Waals surface area (Å²) in [4.78, 5) is 0. The highest BCUT2D eigenvalue weighted by atomic mass is 18.2. The second kappa shape index (κ2) is 3.61. The van der Waals surface area contributed by atoms with Crippen molar-refractivity contribution in [1.82, 2.24) is 0 Å². The van der Waals surface area contributed by atoms with Crippen LogP contribution in [0.1, 0.15) is 25.5 Å². The smallest absolute Gasteiger partial charge is 0.246 e. The fraction of sp³-hybridized carbons (Fsp3) is 0.455. The van der Waals surface area contributed by atoms with Crippen molar-refractivity contribution in [2.45, 2.75) is 25.7 Å². The summed E-state index contributed by atoms with van der Waals surface area (Å²) in [5.74, 6) is -0.580. The first-order valence-electron chi connectivity index (χ1n) is 5.02. The number of halogens is 1. The molecular formula is C11H14FNO3. The highest BCUT2D eigenvalue weighted by molar-refractivity contribution is 5.47. The quantitative estimate of drug-likeness (QED) is 0.798. The van der Waals surface area contributed by atoms with Crippen molar-refractivity contribution >= 4 is 0 Å². The van der Waals surface area contributed by atoms with Gasteiger partial charge in [-0.15, -0.1) is 0 Å². The molecule has 16 heavy (non-hydrogen) atoms. The average molecular weight is 226 g/mol. The number of aliphatic hydroxyl groups excluding tert-OH is 1. The predicted octanol–water partition coefficient (Wildman–Crippen LogP) is 1.33. The van der Waals surface area contributed by atoms with Gasteiger partial charge in [0.25, 0.3) is 0 Å². The Morgan fingerprint density at radius 3 is 2.50 bits per heavy atom. The van der Waals surface area contributed by atoms with Crippen molar-refractivity contribution in [2.75, 3.05) is 6.54 Å². The van der Waals surface area contributed by atoms with E-state index in [1.54, 1.807) is 13.8 Å². The number of hydrogen-bond donors (Lipinski definition) is 2. The molecule has 0 saturated carbocycles. The summed E-state index contributed by atoms with van der Waals surface area (Å²) < 4.78 is 24.4. The van der Waals surface area contributed by atoms with Crippen LogP contribution in [0.2, 0.25) is 0 Å². The SMILES string of the molecule is CC1(C)Oc2cc([18F])c(C(O)CN)cc2O1. The average Bonchev–Trinajstić information content (AvgIpc) is 2.48. The Balaban J connectivity index is 2.41. The van der Waals surface area contributed by atoms with Crippen LogP contribution in [0.5, 0.6) is 11.5 Å². The van der Waals surface area contributed by atoms with Crippen LogP contribution < -0.4 is 15.2 Å². The molecule has 1 unspecified atom stereocenters. The number of benzene rings is 1. The Labute approximate surface area is 92.8 Å². The van der Waals surface area contributed by atoms with E-state index >= 15 is 0 Å². The van der Waals surface area contributed by atoms with Crippen LogP contribution >= 0.6 is 0 Å². The third-order valence-electron chi connectivity index (χ3n) is 2.36. The van der Waals surface area contributed by atoms with Gasteiger partial charge in [-0.2, -0.15) is 0 Å². The van der Waals surface area contributed by atoms with E-state index in [1.165, 1.54) is 12.1 Å². The van der Waals surface area contributed by atoms with Crippen LogP contribution in [0.15, 0.2) is 12.1 Å². The Morgan fingerprint density at radius 1 is 1.38 bits per heavy atom. The molecule has 1 atom stereocenters. The number of rotatable bonds is 2. The van der Waals surface area contributed by atoms with Gasteiger partial charge in [0, 0.05) is 32.0 Å². The first kappa shape index (κ1) is 11.2. The first-order chi connectivity index (χ1) is 7.43. The van der Waals surface area contributed by atoms with Gasteiger partial charge in [0.15, 0.2) is 11.5 Å². The molecule has 0 fully saturated rings. The molecule has 0 bridgehead atoms. The van der Waals surface area contributed by atoms with Crippen molar-refractivity contribution < 1.29 is 19.0 Å². The van der Waals surface area contributed by atoms with Gasteiger partial charge >= 0.3 is 0 Å². The van der Waals surface area contributed by atoms with Crippen molar-refractivity contribution in [2.24, 2.45) is 5.73 Å². The molecule has 5 heteroatoms. The minimum Gasteiger partial charge on any atom is -0.449 e. The standard InChI is InChI=1S/C11H14FNO3/c1-11(2)15-9-3-6(8(14)5-13)7(12)4-10(9)16-11/h3-4,8,14H,5,13H2,1-2H3/i12-1. The van der Waals surface area contributed by atoms with Gasteiger partial charge in [-0.3, -0.25) is 0 Å². The number of fused-ring (bicyclic) bond motifs is 1. The lowest BCUT2D eigenvalue weighted by atomic mass is 10.1. The summed E-state index contributed by atoms with van der Waals surface area (Å²) in [5.41, 5.74) is 5.41. The first-order valence-corrected chi connectivity index (χ1v) is 5.02. The number of hydrogen-bond acceptors (Lipinski definition) is 4. The molecule has 1 heterocycles. The Hall–Kier alpha value is -1.33. The van der Waals surface area contributed by atoms with Gasteiger partial charge < -0.3 is 20.3 Å². The molecule has 1 aromatic carbocycles. The number of aliphatic hydroxyl groups is 1. The fourth-order valence-electron chi connectivity index (χ4n) is 1.64. The highest BCUT2D eigenvalue weighted by Crippen LogP contribution is 2.41. The highest BCUT2D eigenvalue weighted by Gasteiger charge is 2.33. The van der Waals surface area contributed by atoms with Gasteiger partial charge in [0.05, 0.1) is 6.10 Å². The van der Waals surface area contributed by atoms with Crippen LogP contribution in [-0.4, -0.2) is 17.4 Å². The van der Waals surface area contributed by atoms with Crippen LogP contribution in [0.4, 0.5) is 4.39 Å². The second-order valence-corrected chi connectivity index (χ2v) is 4.18. The molecule has 0 spiro atoms. The summed E-state index contributed by atoms with van der Waals surface area (Å²) in [6.45, 7) is 3.41. The summed E-state index contributed by atoms with van der Waals surface area (Å²) in [6, 6.07) is 2.63. The molecule has 1 aliphatic heterocycles. The molecule has 2 rings (SSSR count). The van der Waals surface area contributed by atoms with Gasteiger partial charge in [0.2, 0.25) is 5.79 Å². The lowest BCUT2D eigenvalue weighted by Crippen LogP contribution is -2.29. The fourth-order valence-corrected chi connectivity index (χ4v) is 1.64. The van der Waals surface area contributed by atoms with Crippen molar-refractivity contribution in [3.8, 4) is 11.5 Å². The van der Waals surface area contributed by atoms with E-state index in [0.717, 1.165) is 0 Å². The van der Waals surface area contributed by atoms with Gasteiger partial charge in [0.1, 0.15) is 5.82 Å². The predicted molar refractivity (Wildman–Crippen MR) is 55.7 cm³/mol. The molecule has 4 nitrogen and oxygen atoms in total. The van der Waals surface area contributed by atoms with Crippen LogP contribution in [0.3, 0.4) is 0 Å². The summed E-state index contributed by atoms with van der Waals surface area (Å²) in [6.07, 6.45) is -1.03. The topological polar surface area (TPSA) is 64.7 Å². The second-order valence-electron chi connectivity index (χ2n) is 4.18. The minimum absolute atomic E-state index is 0.0417. The maximum Gasteiger partial charge on any atom is 0.246 e. The lowest BCUT2D eigenvalue weighted by molar-refractivity contribution is -0.0432. The molecule has 1 aromatic rings. The maximum atomic E-state index is 13.6. The Morgan fingerprint density at radius 2 is 1.94 bits per heavy atom. The van der Waals surface area contributed by atoms with E-state index in [4.69, 9.17) is 15.2 Å². The molecule has 0 amide bonds. The van der Waals surface area contributed by atoms with Gasteiger partial charge in [-0.25, -0.2) is 4.39 Å². The molecule has 0 aromatic heterocycles. The van der Waals surface area contributed by atoms with Gasteiger partial charge in [-0.05, 0) is 6.07 Å². The summed E-state index contributed by atoms with van der Waals surface area (Å²) in [5, 5.41) is 9.51. The van der Waals surface area contributed by atoms with E-state index in [-0.39, 0.29) is 12.1 Å². The van der Waals surface area contributed by atoms with Crippen molar-refractivity contribution in [3.63, 3.8) is 0 Å². The zero-order chi connectivity index (χ0) is 11.9. The molecule has 88 valence electrons. The molecule has 3 N–H and O–H groups in total. The van der Waals surface area contributed by atoms with E-state index < -0.39 is 17.7 Å². The molecule has 0 radical (unpaired) electrons. The molecule has 1 aliphatic rings. The van der Waals surface area contributed by atoms with E-state index in [9.17, 15) is 9.50 Å². The minimum atomic E-state index is -1.03. The third kappa shape index (κ3) is 1.83. The van der Waals surface area contributed by atoms with E-state index in [0.29, 0.717) is 11.5 Å². The number of ether oxygens (including phenoxy) is 2.